The first kappa shape index (κ1) is 43.5. The van der Waals surface area contributed by atoms with Crippen molar-refractivity contribution in [2.75, 3.05) is 12.3 Å². The van der Waals surface area contributed by atoms with Crippen LogP contribution in [0.3, 0.4) is 0 Å². The normalized spacial score (nSPS) is 23.1. The zero-order valence-corrected chi connectivity index (χ0v) is 34.0. The van der Waals surface area contributed by atoms with Crippen LogP contribution in [0, 0.1) is 0 Å². The van der Waals surface area contributed by atoms with Crippen molar-refractivity contribution >= 4 is 73.9 Å². The van der Waals surface area contributed by atoms with Crippen LogP contribution in [-0.2, 0) is 70.8 Å². The topological polar surface area (TPSA) is 311 Å². The molecule has 25 heteroatoms. The van der Waals surface area contributed by atoms with Crippen LogP contribution in [-0.4, -0.2) is 87.8 Å². The van der Waals surface area contributed by atoms with Gasteiger partial charge in [0, 0.05) is 16.4 Å². The van der Waals surface area contributed by atoms with Crippen LogP contribution in [0.25, 0.3) is 5.57 Å². The Balaban J connectivity index is 1.80. The highest BCUT2D eigenvalue weighted by atomic mass is 32.2. The van der Waals surface area contributed by atoms with E-state index in [1.165, 1.54) is 38.1 Å². The van der Waals surface area contributed by atoms with Crippen LogP contribution in [0.4, 0.5) is 5.69 Å². The Morgan fingerprint density at radius 2 is 1.42 bits per heavy atom. The van der Waals surface area contributed by atoms with E-state index in [4.69, 9.17) is 5.26 Å². The SMILES string of the molecule is CC1(C)C(C=C/C=C2\C(C)(C)c3c(cc(S(=O)(=O)O)cc3S(=O)(=O)O)[N+]23CCC3S(=O)(=O)O)=C(CCCS(=O)(=O)O)c2cc(SOOO)cc(S(=O)(=O)O)c21. The number of hydrogen-bond donors (Lipinski definition) is 6. The Morgan fingerprint density at radius 3 is 1.91 bits per heavy atom. The Kier molecular flexibility index (Phi) is 11.1. The summed E-state index contributed by atoms with van der Waals surface area (Å²) in [6, 6.07) is 3.87. The Labute approximate surface area is 321 Å². The highest BCUT2D eigenvalue weighted by Crippen LogP contribution is 2.60. The van der Waals surface area contributed by atoms with Crippen LogP contribution in [0.5, 0.6) is 0 Å². The fraction of sp³-hybridized carbons (Fsp3) is 0.400. The summed E-state index contributed by atoms with van der Waals surface area (Å²) in [5.74, 6) is -0.695. The fourth-order valence-corrected chi connectivity index (χ4v) is 12.7. The number of fused-ring (bicyclic) bond motifs is 3. The average Bonchev–Trinajstić information content (AvgIpc) is 3.33. The van der Waals surface area contributed by atoms with Gasteiger partial charge >= 0.3 is 10.1 Å². The summed E-state index contributed by atoms with van der Waals surface area (Å²) in [6.07, 6.45) is 3.77. The van der Waals surface area contributed by atoms with Crippen molar-refractivity contribution in [3.8, 4) is 0 Å². The molecular weight excluding hydrogens is 855 g/mol. The van der Waals surface area contributed by atoms with Gasteiger partial charge < -0.3 is 0 Å². The Morgan fingerprint density at radius 1 is 0.818 bits per heavy atom. The number of nitrogens with zero attached hydrogens (tertiary/aromatic N) is 1. The Hall–Kier alpha value is -2.60. The minimum atomic E-state index is -5.24. The van der Waals surface area contributed by atoms with E-state index in [9.17, 15) is 64.9 Å². The van der Waals surface area contributed by atoms with Crippen LogP contribution in [0.1, 0.15) is 63.6 Å². The van der Waals surface area contributed by atoms with E-state index in [2.05, 4.69) is 9.37 Å². The van der Waals surface area contributed by atoms with Gasteiger partial charge in [-0.3, -0.25) is 22.8 Å². The fourth-order valence-electron chi connectivity index (χ4n) is 8.07. The summed E-state index contributed by atoms with van der Waals surface area (Å²) in [5, 5.41) is 10.6. The molecule has 2 heterocycles. The van der Waals surface area contributed by atoms with E-state index in [1.807, 2.05) is 0 Å². The minimum absolute atomic E-state index is 0.0145. The number of quaternary nitrogens is 1. The molecule has 304 valence electrons. The van der Waals surface area contributed by atoms with E-state index in [-0.39, 0.29) is 58.8 Å². The molecule has 3 aliphatic rings. The third-order valence-corrected chi connectivity index (χ3v) is 15.4. The lowest BCUT2D eigenvalue weighted by atomic mass is 9.80. The third-order valence-electron chi connectivity index (χ3n) is 10.1. The van der Waals surface area contributed by atoms with Gasteiger partial charge in [-0.25, -0.2) is 9.74 Å². The molecule has 0 aromatic heterocycles. The first-order valence-electron chi connectivity index (χ1n) is 15.8. The molecule has 1 spiro atoms. The molecule has 2 atom stereocenters. The molecule has 5 rings (SSSR count). The van der Waals surface area contributed by atoms with E-state index < -0.39 is 91.7 Å². The monoisotopic (exact) mass is 890 g/mol. The van der Waals surface area contributed by atoms with Crippen molar-refractivity contribution < 1.29 is 79.5 Å². The maximum absolute atomic E-state index is 12.8. The molecule has 2 unspecified atom stereocenters. The molecule has 0 bridgehead atoms. The molecule has 1 saturated heterocycles. The summed E-state index contributed by atoms with van der Waals surface area (Å²) in [5.41, 5.74) is -2.27. The molecule has 0 saturated carbocycles. The summed E-state index contributed by atoms with van der Waals surface area (Å²) in [7, 11) is -24.7. The first-order valence-corrected chi connectivity index (χ1v) is 23.9. The van der Waals surface area contributed by atoms with Gasteiger partial charge in [-0.1, -0.05) is 31.0 Å². The van der Waals surface area contributed by atoms with Gasteiger partial charge in [-0.15, -0.1) is 4.33 Å². The van der Waals surface area contributed by atoms with Crippen LogP contribution in [0.15, 0.2) is 73.3 Å². The van der Waals surface area contributed by atoms with Crippen molar-refractivity contribution in [2.24, 2.45) is 0 Å². The zero-order valence-electron chi connectivity index (χ0n) is 29.1. The third kappa shape index (κ3) is 7.85. The number of allylic oxidation sites excluding steroid dienone is 6. The molecule has 55 heavy (non-hydrogen) atoms. The lowest BCUT2D eigenvalue weighted by Gasteiger charge is -2.49. The average molecular weight is 891 g/mol. The van der Waals surface area contributed by atoms with E-state index in [1.54, 1.807) is 13.8 Å². The maximum Gasteiger partial charge on any atom is 0.320 e. The zero-order chi connectivity index (χ0) is 41.5. The Bertz CT molecular complexity index is 2640. The van der Waals surface area contributed by atoms with Crippen LogP contribution < -0.4 is 4.48 Å². The molecule has 0 amide bonds. The summed E-state index contributed by atoms with van der Waals surface area (Å²) in [6.45, 7) is 5.98. The predicted octanol–water partition coefficient (Wildman–Crippen LogP) is 3.92. The summed E-state index contributed by atoms with van der Waals surface area (Å²) in [4.78, 5) is -2.47. The largest absolute Gasteiger partial charge is 0.320 e. The number of benzene rings is 2. The molecular formula is C30H36NO18S6+. The lowest BCUT2D eigenvalue weighted by molar-refractivity contribution is -0.432. The van der Waals surface area contributed by atoms with Crippen molar-refractivity contribution in [1.82, 2.24) is 4.48 Å². The summed E-state index contributed by atoms with van der Waals surface area (Å²) >= 11 is 0.373. The number of rotatable bonds is 13. The highest BCUT2D eigenvalue weighted by Gasteiger charge is 2.67. The van der Waals surface area contributed by atoms with Crippen molar-refractivity contribution in [3.05, 3.63) is 70.5 Å². The van der Waals surface area contributed by atoms with E-state index in [0.717, 1.165) is 12.1 Å². The van der Waals surface area contributed by atoms with Gasteiger partial charge in [-0.2, -0.15) is 42.1 Å². The molecule has 1 aliphatic carbocycles. The predicted molar refractivity (Wildman–Crippen MR) is 195 cm³/mol. The quantitative estimate of drug-likeness (QED) is 0.0546. The van der Waals surface area contributed by atoms with Gasteiger partial charge in [-0.05, 0) is 73.2 Å². The maximum atomic E-state index is 12.8. The van der Waals surface area contributed by atoms with Crippen LogP contribution in [0.2, 0.25) is 0 Å². The molecule has 19 nitrogen and oxygen atoms in total. The molecule has 2 aromatic rings. The second-order valence-corrected chi connectivity index (χ2v) is 22.2. The van der Waals surface area contributed by atoms with Gasteiger partial charge in [0.1, 0.15) is 21.2 Å². The van der Waals surface area contributed by atoms with Crippen molar-refractivity contribution in [3.63, 3.8) is 0 Å². The molecule has 0 radical (unpaired) electrons. The number of hydrogen-bond acceptors (Lipinski definition) is 14. The van der Waals surface area contributed by atoms with Gasteiger partial charge in [0.2, 0.25) is 5.37 Å². The van der Waals surface area contributed by atoms with Gasteiger partial charge in [0.15, 0.2) is 0 Å². The standard InChI is InChI=1S/C30H35NO18S6/c1-29(2)21(19(7-6-12-51(33,34)35)20-13-17(50-49-48-32)14-23(27(20)29)53(39,40)41)8-5-9-25-30(3,4)28-22(31(25)11-10-26(31)55(45,46)47)15-18(52(36,37)38)16-24(28)54(42,43)44/h5,8-9,13-16,26H,6-7,10-12H2,1-4H3,(H5-,32,33,34,35,36,37,38,39,40,41,42,43,44,45,46,47)/p+1/b8-5?,25-9+. The van der Waals surface area contributed by atoms with Crippen molar-refractivity contribution in [2.45, 2.75) is 82.7 Å². The van der Waals surface area contributed by atoms with E-state index in [0.29, 0.717) is 29.3 Å². The first-order chi connectivity index (χ1) is 24.9. The summed E-state index contributed by atoms with van der Waals surface area (Å²) < 4.78 is 178. The minimum Gasteiger partial charge on any atom is -0.286 e. The molecule has 2 aromatic carbocycles. The lowest BCUT2D eigenvalue weighted by Crippen LogP contribution is -2.68. The van der Waals surface area contributed by atoms with E-state index >= 15 is 0 Å². The molecule has 1 fully saturated rings. The second-order valence-electron chi connectivity index (χ2n) is 14.1. The van der Waals surface area contributed by atoms with Gasteiger partial charge in [0.05, 0.1) is 46.6 Å². The molecule has 6 N–H and O–H groups in total. The smallest absolute Gasteiger partial charge is 0.286 e. The van der Waals surface area contributed by atoms with Crippen LogP contribution >= 0.6 is 12.0 Å². The van der Waals surface area contributed by atoms with Crippen molar-refractivity contribution in [1.29, 1.82) is 0 Å². The highest BCUT2D eigenvalue weighted by molar-refractivity contribution is 7.94. The second kappa shape index (κ2) is 14.0. The van der Waals surface area contributed by atoms with Gasteiger partial charge in [0.25, 0.3) is 40.5 Å². The molecule has 2 aliphatic heterocycles.